The number of allylic oxidation sites excluding steroid dienone is 1. The second kappa shape index (κ2) is 4.63. The number of rotatable bonds is 3. The van der Waals surface area contributed by atoms with E-state index in [1.165, 1.54) is 5.97 Å². The molecule has 0 rings (SSSR count). The molecule has 0 aromatic carbocycles. The topological polar surface area (TPSA) is 3.24 Å². The Labute approximate surface area is 52.1 Å². The molecule has 0 aliphatic rings. The molecule has 0 aliphatic heterocycles. The Kier molecular flexibility index (Phi) is 4.33. The molecule has 0 aliphatic carbocycles. The van der Waals surface area contributed by atoms with Gasteiger partial charge in [-0.15, -0.1) is 0 Å². The van der Waals surface area contributed by atoms with Crippen LogP contribution in [0.5, 0.6) is 0 Å². The number of nitrogens with zero attached hydrogens (tertiary/aromatic N) is 1. The van der Waals surface area contributed by atoms with Gasteiger partial charge in [-0.1, -0.05) is 0 Å². The molecule has 0 saturated carbocycles. The molecule has 0 heterocycles. The summed E-state index contributed by atoms with van der Waals surface area (Å²) in [6.45, 7) is 3.10. The zero-order chi connectivity index (χ0) is 6.41. The van der Waals surface area contributed by atoms with Gasteiger partial charge in [0.15, 0.2) is 0 Å². The zero-order valence-electron chi connectivity index (χ0n) is 5.46. The summed E-state index contributed by atoms with van der Waals surface area (Å²) in [7, 11) is 7.09. The fraction of sp³-hybridized carbons (Fsp3) is 0.500. The van der Waals surface area contributed by atoms with Gasteiger partial charge in [-0.2, -0.15) is 0 Å². The van der Waals surface area contributed by atoms with Gasteiger partial charge >= 0.3 is 51.1 Å². The zero-order valence-corrected chi connectivity index (χ0v) is 5.46. The van der Waals surface area contributed by atoms with Crippen molar-refractivity contribution in [1.82, 2.24) is 4.90 Å². The van der Waals surface area contributed by atoms with Gasteiger partial charge < -0.3 is 0 Å². The van der Waals surface area contributed by atoms with Crippen LogP contribution < -0.4 is 0 Å². The summed E-state index contributed by atoms with van der Waals surface area (Å²) in [5.74, 6) is 1.52. The Hall–Kier alpha value is -0.525. The Morgan fingerprint density at radius 3 is 2.62 bits per heavy atom. The van der Waals surface area contributed by atoms with Crippen molar-refractivity contribution in [1.29, 1.82) is 0 Å². The van der Waals surface area contributed by atoms with Crippen LogP contribution in [0, 0.1) is 0 Å². The van der Waals surface area contributed by atoms with Crippen LogP contribution in [0.2, 0.25) is 0 Å². The van der Waals surface area contributed by atoms with Crippen molar-refractivity contribution in [2.24, 2.45) is 0 Å². The van der Waals surface area contributed by atoms with Crippen LogP contribution in [0.25, 0.3) is 0 Å². The predicted octanol–water partition coefficient (Wildman–Crippen LogP) is 0.422. The molecular formula is C6H11BN. The van der Waals surface area contributed by atoms with Gasteiger partial charge in [0.1, 0.15) is 0 Å². The average Bonchev–Trinajstić information content (AvgIpc) is 1.83. The Morgan fingerprint density at radius 1 is 1.62 bits per heavy atom. The molecule has 0 spiro atoms. The summed E-state index contributed by atoms with van der Waals surface area (Å²) < 4.78 is 0. The molecule has 0 bridgehead atoms. The first-order chi connectivity index (χ1) is 3.81. The van der Waals surface area contributed by atoms with Crippen molar-refractivity contribution in [2.45, 2.75) is 6.92 Å². The third kappa shape index (κ3) is 3.66. The van der Waals surface area contributed by atoms with E-state index in [0.717, 1.165) is 6.54 Å². The molecule has 0 amide bonds. The van der Waals surface area contributed by atoms with E-state index in [0.29, 0.717) is 0 Å². The maximum atomic E-state index is 5.09. The van der Waals surface area contributed by atoms with Crippen molar-refractivity contribution in [3.63, 3.8) is 0 Å². The molecule has 2 heteroatoms. The van der Waals surface area contributed by atoms with Crippen LogP contribution in [-0.2, 0) is 0 Å². The van der Waals surface area contributed by atoms with Crippen molar-refractivity contribution < 1.29 is 0 Å². The average molecular weight is 108 g/mol. The standard InChI is InChI=1S/C6H11BN/c1-3-8(2)6-4-5-7/h4-6H,3H2,1-2H3/b6-4-. The van der Waals surface area contributed by atoms with Gasteiger partial charge in [0, 0.05) is 0 Å². The van der Waals surface area contributed by atoms with Crippen LogP contribution in [0.15, 0.2) is 12.3 Å². The SMILES string of the molecule is [B]=C/C=C\N(C)CC. The van der Waals surface area contributed by atoms with Gasteiger partial charge in [0.25, 0.3) is 0 Å². The summed E-state index contributed by atoms with van der Waals surface area (Å²) in [6, 6.07) is 0. The minimum atomic E-state index is 1.02. The van der Waals surface area contributed by atoms with Gasteiger partial charge in [0.05, 0.1) is 0 Å². The molecule has 0 aromatic heterocycles. The summed E-state index contributed by atoms with van der Waals surface area (Å²) in [6.07, 6.45) is 3.74. The molecule has 1 radical (unpaired) electrons. The Balaban J connectivity index is 3.35. The first kappa shape index (κ1) is 7.47. The van der Waals surface area contributed by atoms with E-state index in [-0.39, 0.29) is 0 Å². The van der Waals surface area contributed by atoms with Gasteiger partial charge in [-0.3, -0.25) is 0 Å². The summed E-state index contributed by atoms with van der Waals surface area (Å²) in [5, 5.41) is 0. The molecule has 8 heavy (non-hydrogen) atoms. The second-order valence-corrected chi connectivity index (χ2v) is 1.61. The molecule has 0 saturated heterocycles. The Morgan fingerprint density at radius 2 is 2.25 bits per heavy atom. The quantitative estimate of drug-likeness (QED) is 0.473. The first-order valence-corrected chi connectivity index (χ1v) is 2.73. The molecule has 43 valence electrons. The van der Waals surface area contributed by atoms with E-state index in [4.69, 9.17) is 7.49 Å². The molecule has 1 nitrogen and oxygen atoms in total. The monoisotopic (exact) mass is 108 g/mol. The number of hydrogen-bond acceptors (Lipinski definition) is 1. The molecule has 0 fully saturated rings. The third-order valence-electron chi connectivity index (χ3n) is 0.950. The van der Waals surface area contributed by atoms with Crippen LogP contribution >= 0.6 is 0 Å². The van der Waals surface area contributed by atoms with Crippen LogP contribution in [0.3, 0.4) is 0 Å². The molecule has 0 aromatic rings. The van der Waals surface area contributed by atoms with Crippen LogP contribution in [-0.4, -0.2) is 31.9 Å². The first-order valence-electron chi connectivity index (χ1n) is 2.73. The van der Waals surface area contributed by atoms with Crippen LogP contribution in [0.4, 0.5) is 0 Å². The number of hydrogen-bond donors (Lipinski definition) is 0. The van der Waals surface area contributed by atoms with Gasteiger partial charge in [-0.05, 0) is 0 Å². The van der Waals surface area contributed by atoms with E-state index < -0.39 is 0 Å². The Bertz CT molecular complexity index is 88.5. The van der Waals surface area contributed by atoms with Crippen molar-refractivity contribution in [3.8, 4) is 0 Å². The molecule has 0 unspecified atom stereocenters. The summed E-state index contributed by atoms with van der Waals surface area (Å²) in [5.41, 5.74) is 0. The summed E-state index contributed by atoms with van der Waals surface area (Å²) >= 11 is 0. The van der Waals surface area contributed by atoms with E-state index in [1.807, 2.05) is 24.2 Å². The molecule has 0 N–H and O–H groups in total. The van der Waals surface area contributed by atoms with Gasteiger partial charge in [-0.25, -0.2) is 0 Å². The predicted molar refractivity (Wildman–Crippen MR) is 39.3 cm³/mol. The second-order valence-electron chi connectivity index (χ2n) is 1.61. The van der Waals surface area contributed by atoms with E-state index in [2.05, 4.69) is 6.92 Å². The van der Waals surface area contributed by atoms with Crippen molar-refractivity contribution in [3.05, 3.63) is 12.3 Å². The van der Waals surface area contributed by atoms with E-state index in [1.54, 1.807) is 0 Å². The van der Waals surface area contributed by atoms with E-state index >= 15 is 0 Å². The van der Waals surface area contributed by atoms with Crippen molar-refractivity contribution >= 4 is 13.5 Å². The van der Waals surface area contributed by atoms with Gasteiger partial charge in [0.2, 0.25) is 0 Å². The van der Waals surface area contributed by atoms with E-state index in [9.17, 15) is 0 Å². The fourth-order valence-electron chi connectivity index (χ4n) is 0.302. The van der Waals surface area contributed by atoms with Crippen molar-refractivity contribution in [2.75, 3.05) is 13.6 Å². The minimum absolute atomic E-state index is 1.02. The third-order valence-corrected chi connectivity index (χ3v) is 0.950. The maximum absolute atomic E-state index is 5.09. The molecular weight excluding hydrogens is 96.9 g/mol. The fourth-order valence-corrected chi connectivity index (χ4v) is 0.302. The normalized spacial score (nSPS) is 9.62. The van der Waals surface area contributed by atoms with Crippen LogP contribution in [0.1, 0.15) is 6.92 Å². The summed E-state index contributed by atoms with van der Waals surface area (Å²) in [4.78, 5) is 2.04. The molecule has 0 atom stereocenters.